The van der Waals surface area contributed by atoms with Crippen molar-refractivity contribution in [3.8, 4) is 11.1 Å². The fraction of sp³-hybridized carbons (Fsp3) is 0.429. The fourth-order valence-corrected chi connectivity index (χ4v) is 3.56. The standard InChI is InChI=1S/C21H24F2/c1-14-3-6-16(7-4-14)13-17-8-10-18(11-9-17)19-12-5-15(2)20(22)21(19)23/h5,8-12,14,16H,3-4,6-7,13H2,1-2H3. The van der Waals surface area contributed by atoms with Crippen LogP contribution in [0, 0.1) is 30.4 Å². The second-order valence-corrected chi connectivity index (χ2v) is 7.08. The normalized spacial score (nSPS) is 21.4. The van der Waals surface area contributed by atoms with Gasteiger partial charge in [0.1, 0.15) is 0 Å². The maximum absolute atomic E-state index is 14.1. The molecule has 0 aliphatic heterocycles. The zero-order chi connectivity index (χ0) is 16.4. The van der Waals surface area contributed by atoms with Gasteiger partial charge in [-0.15, -0.1) is 0 Å². The molecule has 23 heavy (non-hydrogen) atoms. The lowest BCUT2D eigenvalue weighted by Gasteiger charge is -2.26. The quantitative estimate of drug-likeness (QED) is 0.623. The molecule has 1 aliphatic carbocycles. The van der Waals surface area contributed by atoms with E-state index in [0.717, 1.165) is 23.8 Å². The molecule has 3 rings (SSSR count). The lowest BCUT2D eigenvalue weighted by Crippen LogP contribution is -2.14. The molecule has 2 aromatic carbocycles. The molecule has 0 saturated heterocycles. The molecule has 0 amide bonds. The molecule has 1 fully saturated rings. The largest absolute Gasteiger partial charge is 0.203 e. The first-order valence-electron chi connectivity index (χ1n) is 8.58. The Morgan fingerprint density at radius 2 is 1.52 bits per heavy atom. The number of halogens is 2. The highest BCUT2D eigenvalue weighted by molar-refractivity contribution is 5.65. The smallest absolute Gasteiger partial charge is 0.166 e. The summed E-state index contributed by atoms with van der Waals surface area (Å²) in [4.78, 5) is 0. The topological polar surface area (TPSA) is 0 Å². The summed E-state index contributed by atoms with van der Waals surface area (Å²) < 4.78 is 27.8. The molecule has 0 radical (unpaired) electrons. The van der Waals surface area contributed by atoms with E-state index < -0.39 is 11.6 Å². The summed E-state index contributed by atoms with van der Waals surface area (Å²) in [6.07, 6.45) is 6.37. The summed E-state index contributed by atoms with van der Waals surface area (Å²) in [6.45, 7) is 3.91. The molecule has 0 unspecified atom stereocenters. The maximum Gasteiger partial charge on any atom is 0.166 e. The lowest BCUT2D eigenvalue weighted by molar-refractivity contribution is 0.289. The van der Waals surface area contributed by atoms with E-state index >= 15 is 0 Å². The van der Waals surface area contributed by atoms with E-state index in [0.29, 0.717) is 11.1 Å². The van der Waals surface area contributed by atoms with Crippen LogP contribution in [0.15, 0.2) is 36.4 Å². The van der Waals surface area contributed by atoms with Gasteiger partial charge in [-0.25, -0.2) is 8.78 Å². The molecule has 0 nitrogen and oxygen atoms in total. The van der Waals surface area contributed by atoms with E-state index in [1.165, 1.54) is 31.2 Å². The minimum Gasteiger partial charge on any atom is -0.203 e. The van der Waals surface area contributed by atoms with Crippen LogP contribution in [0.1, 0.15) is 43.7 Å². The minimum absolute atomic E-state index is 0.339. The number of rotatable bonds is 3. The van der Waals surface area contributed by atoms with Crippen molar-refractivity contribution in [2.45, 2.75) is 46.0 Å². The van der Waals surface area contributed by atoms with Crippen LogP contribution in [-0.4, -0.2) is 0 Å². The Labute approximate surface area is 137 Å². The van der Waals surface area contributed by atoms with Crippen LogP contribution in [-0.2, 0) is 6.42 Å². The van der Waals surface area contributed by atoms with Crippen molar-refractivity contribution in [2.24, 2.45) is 11.8 Å². The molecule has 2 aromatic rings. The molecule has 2 heteroatoms. The predicted octanol–water partition coefficient (Wildman–Crippen LogP) is 6.31. The zero-order valence-electron chi connectivity index (χ0n) is 13.9. The molecule has 0 bridgehead atoms. The summed E-state index contributed by atoms with van der Waals surface area (Å²) in [5.41, 5.74) is 2.71. The van der Waals surface area contributed by atoms with E-state index in [1.807, 2.05) is 12.1 Å². The average molecular weight is 314 g/mol. The molecule has 0 aromatic heterocycles. The Balaban J connectivity index is 1.73. The first-order chi connectivity index (χ1) is 11.0. The Bertz CT molecular complexity index is 665. The summed E-state index contributed by atoms with van der Waals surface area (Å²) >= 11 is 0. The monoisotopic (exact) mass is 314 g/mol. The van der Waals surface area contributed by atoms with Crippen LogP contribution in [0.2, 0.25) is 0 Å². The maximum atomic E-state index is 14.1. The van der Waals surface area contributed by atoms with Crippen molar-refractivity contribution in [1.82, 2.24) is 0 Å². The Morgan fingerprint density at radius 1 is 0.870 bits per heavy atom. The van der Waals surface area contributed by atoms with E-state index in [2.05, 4.69) is 19.1 Å². The zero-order valence-corrected chi connectivity index (χ0v) is 13.9. The Morgan fingerprint density at radius 3 is 2.17 bits per heavy atom. The van der Waals surface area contributed by atoms with Gasteiger partial charge in [-0.3, -0.25) is 0 Å². The minimum atomic E-state index is -0.751. The number of hydrogen-bond donors (Lipinski definition) is 0. The van der Waals surface area contributed by atoms with Gasteiger partial charge in [0, 0.05) is 5.56 Å². The third kappa shape index (κ3) is 3.63. The molecule has 122 valence electrons. The number of benzene rings is 2. The highest BCUT2D eigenvalue weighted by Gasteiger charge is 2.18. The molecule has 1 saturated carbocycles. The SMILES string of the molecule is Cc1ccc(-c2ccc(CC3CCC(C)CC3)cc2)c(F)c1F. The molecule has 0 spiro atoms. The van der Waals surface area contributed by atoms with Crippen molar-refractivity contribution in [2.75, 3.05) is 0 Å². The van der Waals surface area contributed by atoms with Crippen LogP contribution in [0.3, 0.4) is 0 Å². The van der Waals surface area contributed by atoms with E-state index in [4.69, 9.17) is 0 Å². The van der Waals surface area contributed by atoms with Crippen LogP contribution in [0.4, 0.5) is 8.78 Å². The van der Waals surface area contributed by atoms with Crippen LogP contribution in [0.5, 0.6) is 0 Å². The van der Waals surface area contributed by atoms with Crippen molar-refractivity contribution < 1.29 is 8.78 Å². The fourth-order valence-electron chi connectivity index (χ4n) is 3.56. The highest BCUT2D eigenvalue weighted by Crippen LogP contribution is 2.31. The van der Waals surface area contributed by atoms with Gasteiger partial charge in [0.25, 0.3) is 0 Å². The van der Waals surface area contributed by atoms with Gasteiger partial charge in [-0.1, -0.05) is 56.2 Å². The Hall–Kier alpha value is -1.70. The summed E-state index contributed by atoms with van der Waals surface area (Å²) in [5, 5.41) is 0. The van der Waals surface area contributed by atoms with Gasteiger partial charge >= 0.3 is 0 Å². The van der Waals surface area contributed by atoms with Gasteiger partial charge in [-0.2, -0.15) is 0 Å². The van der Waals surface area contributed by atoms with Crippen LogP contribution < -0.4 is 0 Å². The predicted molar refractivity (Wildman–Crippen MR) is 91.4 cm³/mol. The first-order valence-corrected chi connectivity index (χ1v) is 8.58. The van der Waals surface area contributed by atoms with Gasteiger partial charge in [-0.05, 0) is 54.7 Å². The Kier molecular flexibility index (Phi) is 4.79. The lowest BCUT2D eigenvalue weighted by atomic mass is 9.80. The number of hydrogen-bond acceptors (Lipinski definition) is 0. The summed E-state index contributed by atoms with van der Waals surface area (Å²) in [5.74, 6) is 0.139. The van der Waals surface area contributed by atoms with Crippen molar-refractivity contribution >= 4 is 0 Å². The van der Waals surface area contributed by atoms with E-state index in [1.54, 1.807) is 19.1 Å². The molecular weight excluding hydrogens is 290 g/mol. The van der Waals surface area contributed by atoms with Gasteiger partial charge in [0.2, 0.25) is 0 Å². The van der Waals surface area contributed by atoms with Crippen molar-refractivity contribution in [1.29, 1.82) is 0 Å². The molecule has 1 aliphatic rings. The second-order valence-electron chi connectivity index (χ2n) is 7.08. The second kappa shape index (κ2) is 6.82. The van der Waals surface area contributed by atoms with Gasteiger partial charge in [0.05, 0.1) is 0 Å². The molecule has 0 atom stereocenters. The van der Waals surface area contributed by atoms with Crippen LogP contribution in [0.25, 0.3) is 11.1 Å². The molecule has 0 heterocycles. The third-order valence-corrected chi connectivity index (χ3v) is 5.20. The van der Waals surface area contributed by atoms with Crippen molar-refractivity contribution in [3.05, 3.63) is 59.2 Å². The van der Waals surface area contributed by atoms with E-state index in [-0.39, 0.29) is 0 Å². The summed E-state index contributed by atoms with van der Waals surface area (Å²) in [6, 6.07) is 11.2. The van der Waals surface area contributed by atoms with Gasteiger partial charge in [0.15, 0.2) is 11.6 Å². The summed E-state index contributed by atoms with van der Waals surface area (Å²) in [7, 11) is 0. The highest BCUT2D eigenvalue weighted by atomic mass is 19.2. The third-order valence-electron chi connectivity index (χ3n) is 5.20. The number of aryl methyl sites for hydroxylation is 1. The van der Waals surface area contributed by atoms with Crippen LogP contribution >= 0.6 is 0 Å². The molecular formula is C21H24F2. The first kappa shape index (κ1) is 16.2. The van der Waals surface area contributed by atoms with Gasteiger partial charge < -0.3 is 0 Å². The van der Waals surface area contributed by atoms with Crippen molar-refractivity contribution in [3.63, 3.8) is 0 Å². The van der Waals surface area contributed by atoms with E-state index in [9.17, 15) is 8.78 Å². The molecule has 0 N–H and O–H groups in total. The average Bonchev–Trinajstić information content (AvgIpc) is 2.56.